The van der Waals surface area contributed by atoms with Gasteiger partial charge in [0.05, 0.1) is 65.8 Å². The first-order valence-corrected chi connectivity index (χ1v) is 38.3. The van der Waals surface area contributed by atoms with Gasteiger partial charge in [0.2, 0.25) is 0 Å². The fourth-order valence-corrected chi connectivity index (χ4v) is 17.1. The molecule has 0 saturated carbocycles. The zero-order valence-corrected chi connectivity index (χ0v) is 65.5. The second-order valence-corrected chi connectivity index (χ2v) is 31.5. The quantitative estimate of drug-likeness (QED) is 0.108. The number of aromatic nitrogens is 12. The van der Waals surface area contributed by atoms with Crippen molar-refractivity contribution in [2.24, 2.45) is 21.1 Å². The van der Waals surface area contributed by atoms with Crippen LogP contribution in [0.15, 0.2) is 207 Å². The summed E-state index contributed by atoms with van der Waals surface area (Å²) in [6.45, 7) is 32.6. The molecule has 0 spiro atoms. The first-order chi connectivity index (χ1) is 52.2. The summed E-state index contributed by atoms with van der Waals surface area (Å²) in [7, 11) is 6.36. The maximum absolute atomic E-state index is 8.96. The molecule has 12 nitrogen and oxygen atoms in total. The number of hydrogen-bond acceptors (Lipinski definition) is 3. The van der Waals surface area contributed by atoms with Crippen LogP contribution in [0, 0.1) is 20.8 Å². The van der Waals surface area contributed by atoms with Gasteiger partial charge in [0.25, 0.3) is 17.5 Å². The molecule has 0 saturated heterocycles. The molecule has 107 heavy (non-hydrogen) atoms. The van der Waals surface area contributed by atoms with Gasteiger partial charge in [0, 0.05) is 61.6 Å². The lowest BCUT2D eigenvalue weighted by Crippen LogP contribution is -2.29. The van der Waals surface area contributed by atoms with Gasteiger partial charge in [0.15, 0.2) is 0 Å². The van der Waals surface area contributed by atoms with Crippen molar-refractivity contribution in [2.75, 3.05) is 0 Å². The smallest absolute Gasteiger partial charge is 0.296 e. The van der Waals surface area contributed by atoms with E-state index in [-0.39, 0.29) is 0 Å². The third kappa shape index (κ3) is 11.8. The Bertz CT molecular complexity index is 6050. The highest BCUT2D eigenvalue weighted by atomic mass is 15.2. The van der Waals surface area contributed by atoms with Gasteiger partial charge in [-0.15, -0.1) is 0 Å². The molecule has 0 amide bonds. The molecule has 0 unspecified atom stereocenters. The highest BCUT2D eigenvalue weighted by molar-refractivity contribution is 5.97. The van der Waals surface area contributed by atoms with Crippen LogP contribution in [-0.2, 0) is 40.4 Å². The SMILES string of the molecule is Cc1ccc2c(nc3n2-c2ccccc2C3)c1-c1n(-c2c(C(C)C)cc(-c3ccccc3)cc2C(C)C)cc[n+]1C.Cc1ccc2c(nc3n2C=CC3)c1-c1n(-c2c(C(C)C)cccc2C(C)C)cc[n+]1C.[2H]C(C)(C)c1cccc(C([2H])(C)C)c1-n1cc[n+](C)c1-c1c(C)ccc2c1nc1n2-c2ccccc2C1. The van der Waals surface area contributed by atoms with E-state index in [9.17, 15) is 0 Å². The van der Waals surface area contributed by atoms with Crippen molar-refractivity contribution in [1.82, 2.24) is 42.4 Å². The summed E-state index contributed by atoms with van der Waals surface area (Å²) in [5, 5.41) is 0. The molecule has 0 radical (unpaired) electrons. The predicted octanol–water partition coefficient (Wildman–Crippen LogP) is 21.1. The highest BCUT2D eigenvalue weighted by Gasteiger charge is 2.36. The van der Waals surface area contributed by atoms with Gasteiger partial charge < -0.3 is 4.57 Å². The van der Waals surface area contributed by atoms with E-state index in [1.165, 1.54) is 106 Å². The summed E-state index contributed by atoms with van der Waals surface area (Å²) >= 11 is 0. The lowest BCUT2D eigenvalue weighted by molar-refractivity contribution is -0.659. The minimum atomic E-state index is -0.836. The van der Waals surface area contributed by atoms with Crippen LogP contribution in [0.4, 0.5) is 0 Å². The van der Waals surface area contributed by atoms with Crippen molar-refractivity contribution >= 4 is 39.3 Å². The number of aryl methyl sites for hydroxylation is 6. The van der Waals surface area contributed by atoms with Gasteiger partial charge in [-0.3, -0.25) is 9.13 Å². The summed E-state index contributed by atoms with van der Waals surface area (Å²) < 4.78 is 38.4. The van der Waals surface area contributed by atoms with Crippen LogP contribution in [0.25, 0.3) is 113 Å². The maximum atomic E-state index is 8.96. The molecule has 538 valence electrons. The Morgan fingerprint density at radius 1 is 0.374 bits per heavy atom. The Hall–Kier alpha value is -11.2. The van der Waals surface area contributed by atoms with E-state index in [4.69, 9.17) is 17.7 Å². The average Bonchev–Trinajstić information content (AvgIpc) is 1.65. The summed E-state index contributed by atoms with van der Waals surface area (Å²) in [6, 6.07) is 58.9. The molecule has 9 aromatic carbocycles. The lowest BCUT2D eigenvalue weighted by atomic mass is 9.88. The monoisotopic (exact) mass is 1410 g/mol. The van der Waals surface area contributed by atoms with Crippen molar-refractivity contribution in [3.63, 3.8) is 0 Å². The van der Waals surface area contributed by atoms with Gasteiger partial charge in [-0.05, 0) is 138 Å². The molecule has 15 aromatic rings. The van der Waals surface area contributed by atoms with E-state index in [1.54, 1.807) is 0 Å². The van der Waals surface area contributed by atoms with Crippen molar-refractivity contribution in [3.05, 3.63) is 286 Å². The molecule has 9 heterocycles. The standard InChI is InChI=1S/C37H37N4.C31H33N4.C27H31N4/c1-23(2)29-20-28(26-12-8-7-9-13-26)21-30(24(3)4)36(29)40-19-18-39(6)37(40)34-25(5)16-17-32-35(34)38-33-22-27-14-10-11-15-31(27)41(32)33;1-19(2)23-11-9-12-24(20(3)4)30(23)34-17-16-33(6)31(34)28-21(5)14-15-26-29(28)32-27-18-22-10-7-8-13-25(22)35(26)27;1-17(2)20-9-7-10-21(18(3)4)26(20)31-16-15-29(6)27(31)24-19(5)12-13-22-25(24)28-23-11-8-14-30(22)23/h7-21,23-24H,22H2,1-6H3;7-17,19-20H,18H2,1-6H3;7-10,12-18H,11H2,1-6H3/q3*+1/i;19D,20D;. The number of allylic oxidation sites excluding steroid dienone is 1. The van der Waals surface area contributed by atoms with Crippen LogP contribution in [0.1, 0.15) is 200 Å². The minimum absolute atomic E-state index is 0.358. The fourth-order valence-electron chi connectivity index (χ4n) is 17.1. The van der Waals surface area contributed by atoms with Crippen LogP contribution in [-0.4, -0.2) is 42.4 Å². The van der Waals surface area contributed by atoms with Gasteiger partial charge >= 0.3 is 0 Å². The lowest BCUT2D eigenvalue weighted by Gasteiger charge is -2.20. The van der Waals surface area contributed by atoms with E-state index in [0.29, 0.717) is 23.7 Å². The molecule has 6 aromatic heterocycles. The maximum Gasteiger partial charge on any atom is 0.296 e. The number of nitrogens with zero attached hydrogens (tertiary/aromatic N) is 12. The summed E-state index contributed by atoms with van der Waals surface area (Å²) in [5.41, 5.74) is 32.1. The zero-order chi connectivity index (χ0) is 76.5. The molecule has 0 fully saturated rings. The number of benzene rings is 9. The van der Waals surface area contributed by atoms with E-state index >= 15 is 0 Å². The minimum Gasteiger partial charge on any atom is -0.303 e. The van der Waals surface area contributed by atoms with Crippen molar-refractivity contribution in [1.29, 1.82) is 0 Å². The van der Waals surface area contributed by atoms with E-state index < -0.39 is 11.8 Å². The second kappa shape index (κ2) is 27.6. The zero-order valence-electron chi connectivity index (χ0n) is 67.5. The van der Waals surface area contributed by atoms with Crippen LogP contribution in [0.2, 0.25) is 0 Å². The van der Waals surface area contributed by atoms with Crippen LogP contribution in [0.3, 0.4) is 0 Å². The number of imidazole rings is 6. The van der Waals surface area contributed by atoms with E-state index in [2.05, 4.69) is 333 Å². The third-order valence-corrected chi connectivity index (χ3v) is 22.4. The molecular weight excluding hydrogens is 1310 g/mol. The highest BCUT2D eigenvalue weighted by Crippen LogP contribution is 2.45. The summed E-state index contributed by atoms with van der Waals surface area (Å²) in [6.07, 6.45) is 19.8. The second-order valence-electron chi connectivity index (χ2n) is 31.5. The van der Waals surface area contributed by atoms with Crippen LogP contribution >= 0.6 is 0 Å². The van der Waals surface area contributed by atoms with Gasteiger partial charge in [-0.1, -0.05) is 210 Å². The first-order valence-electron chi connectivity index (χ1n) is 39.3. The Morgan fingerprint density at radius 3 is 1.16 bits per heavy atom. The molecule has 0 N–H and O–H groups in total. The Balaban J connectivity index is 0.000000126. The third-order valence-electron chi connectivity index (χ3n) is 22.4. The van der Waals surface area contributed by atoms with Crippen LogP contribution in [0.5, 0.6) is 0 Å². The first kappa shape index (κ1) is 67.6. The van der Waals surface area contributed by atoms with E-state index in [0.717, 1.165) is 98.4 Å². The molecule has 0 aliphatic carbocycles. The molecule has 3 aliphatic rings. The molecule has 0 atom stereocenters. The van der Waals surface area contributed by atoms with Gasteiger partial charge in [0.1, 0.15) is 88.3 Å². The van der Waals surface area contributed by atoms with Crippen LogP contribution < -0.4 is 13.7 Å². The summed E-state index contributed by atoms with van der Waals surface area (Å²) in [5.74, 6) is 6.55. The topological polar surface area (TPSA) is 79.9 Å². The summed E-state index contributed by atoms with van der Waals surface area (Å²) in [4.78, 5) is 15.6. The largest absolute Gasteiger partial charge is 0.303 e. The number of fused-ring (bicyclic) bond motifs is 13. The Labute approximate surface area is 633 Å². The number of hydrogen-bond donors (Lipinski definition) is 0. The fraction of sp³-hybridized carbons (Fsp3) is 0.284. The van der Waals surface area contributed by atoms with Crippen molar-refractivity contribution < 1.29 is 16.4 Å². The molecular formula is C95H101N12+3. The predicted molar refractivity (Wildman–Crippen MR) is 439 cm³/mol. The normalized spacial score (nSPS) is 13.2. The molecule has 12 heteroatoms. The van der Waals surface area contributed by atoms with Gasteiger partial charge in [-0.25, -0.2) is 28.7 Å². The molecule has 18 rings (SSSR count). The Kier molecular flexibility index (Phi) is 17.4. The average molecular weight is 1410 g/mol. The van der Waals surface area contributed by atoms with Crippen molar-refractivity contribution in [2.45, 2.75) is 159 Å². The number of rotatable bonds is 13. The number of para-hydroxylation sites is 4. The van der Waals surface area contributed by atoms with Crippen molar-refractivity contribution in [3.8, 4) is 73.7 Å². The van der Waals surface area contributed by atoms with E-state index in [1.807, 2.05) is 45.9 Å². The molecule has 0 bridgehead atoms. The van der Waals surface area contributed by atoms with Gasteiger partial charge in [-0.2, -0.15) is 13.7 Å². The molecule has 3 aliphatic heterocycles. The Morgan fingerprint density at radius 2 is 0.738 bits per heavy atom.